The third-order valence-electron chi connectivity index (χ3n) is 3.13. The molecule has 3 nitrogen and oxygen atoms in total. The molecule has 0 aliphatic heterocycles. The number of anilines is 1. The van der Waals surface area contributed by atoms with Crippen molar-refractivity contribution in [2.75, 3.05) is 12.4 Å². The summed E-state index contributed by atoms with van der Waals surface area (Å²) in [6.07, 6.45) is 10.4. The average Bonchev–Trinajstić information content (AvgIpc) is 2.69. The highest BCUT2D eigenvalue weighted by molar-refractivity contribution is 9.10. The molecule has 1 aromatic rings. The number of halogens is 2. The van der Waals surface area contributed by atoms with Crippen molar-refractivity contribution in [1.29, 1.82) is 0 Å². The third-order valence-corrected chi connectivity index (χ3v) is 3.82. The Labute approximate surface area is 138 Å². The summed E-state index contributed by atoms with van der Waals surface area (Å²) in [5.74, 6) is 0. The molecular weight excluding hydrogens is 350 g/mol. The fraction of sp³-hybridized carbons (Fsp3) is 0.188. The Kier molecular flexibility index (Phi) is 5.79. The first-order valence-electron chi connectivity index (χ1n) is 6.58. The van der Waals surface area contributed by atoms with Crippen LogP contribution in [0.4, 0.5) is 5.69 Å². The van der Waals surface area contributed by atoms with Crippen molar-refractivity contribution >= 4 is 45.1 Å². The lowest BCUT2D eigenvalue weighted by Crippen LogP contribution is -2.07. The molecule has 3 N–H and O–H groups in total. The van der Waals surface area contributed by atoms with E-state index in [1.165, 1.54) is 0 Å². The Morgan fingerprint density at radius 2 is 2.29 bits per heavy atom. The number of nitrogens with zero attached hydrogens (tertiary/aromatic N) is 1. The van der Waals surface area contributed by atoms with Crippen molar-refractivity contribution in [2.24, 2.45) is 10.7 Å². The highest BCUT2D eigenvalue weighted by Crippen LogP contribution is 2.34. The number of rotatable bonds is 4. The molecule has 110 valence electrons. The van der Waals surface area contributed by atoms with Crippen LogP contribution in [0.3, 0.4) is 0 Å². The summed E-state index contributed by atoms with van der Waals surface area (Å²) in [5.41, 5.74) is 10.1. The van der Waals surface area contributed by atoms with E-state index in [9.17, 15) is 0 Å². The first kappa shape index (κ1) is 16.0. The van der Waals surface area contributed by atoms with Gasteiger partial charge in [0.2, 0.25) is 0 Å². The van der Waals surface area contributed by atoms with Crippen LogP contribution in [-0.2, 0) is 6.54 Å². The van der Waals surface area contributed by atoms with Crippen molar-refractivity contribution < 1.29 is 0 Å². The largest absolute Gasteiger partial charge is 0.346 e. The van der Waals surface area contributed by atoms with Crippen LogP contribution < -0.4 is 11.1 Å². The predicted octanol–water partition coefficient (Wildman–Crippen LogP) is 4.44. The van der Waals surface area contributed by atoms with Gasteiger partial charge in [0.15, 0.2) is 0 Å². The number of benzene rings is 1. The van der Waals surface area contributed by atoms with Gasteiger partial charge >= 0.3 is 0 Å². The number of aliphatic imine (C=N–C) groups is 1. The number of hydrogen-bond acceptors (Lipinski definition) is 2. The summed E-state index contributed by atoms with van der Waals surface area (Å²) in [7, 11) is 1.72. The second-order valence-corrected chi connectivity index (χ2v) is 5.93. The standard InChI is InChI=1S/C16H17BrClN3/c1-20-10-21-16-12(9-19)6-13(17)8-15(16)11-4-2-3-5-14(18)7-11/h2-3,5-8,10H,4,9,19H2,1H3,(H,20,21). The zero-order chi connectivity index (χ0) is 15.2. The van der Waals surface area contributed by atoms with E-state index < -0.39 is 0 Å². The van der Waals surface area contributed by atoms with E-state index in [1.807, 2.05) is 24.3 Å². The maximum Gasteiger partial charge on any atom is 0.0864 e. The van der Waals surface area contributed by atoms with Crippen LogP contribution in [0.25, 0.3) is 5.57 Å². The quantitative estimate of drug-likeness (QED) is 0.611. The molecule has 0 atom stereocenters. The van der Waals surface area contributed by atoms with Gasteiger partial charge in [-0.15, -0.1) is 0 Å². The highest BCUT2D eigenvalue weighted by atomic mass is 79.9. The van der Waals surface area contributed by atoms with E-state index in [4.69, 9.17) is 17.3 Å². The molecule has 0 aromatic heterocycles. The first-order valence-corrected chi connectivity index (χ1v) is 7.75. The predicted molar refractivity (Wildman–Crippen MR) is 95.7 cm³/mol. The summed E-state index contributed by atoms with van der Waals surface area (Å²) >= 11 is 9.73. The first-order chi connectivity index (χ1) is 10.2. The minimum Gasteiger partial charge on any atom is -0.346 e. The van der Waals surface area contributed by atoms with Gasteiger partial charge in [-0.25, -0.2) is 0 Å². The van der Waals surface area contributed by atoms with Gasteiger partial charge in [-0.2, -0.15) is 0 Å². The normalized spacial score (nSPS) is 14.9. The maximum absolute atomic E-state index is 6.19. The molecule has 0 amide bonds. The van der Waals surface area contributed by atoms with Gasteiger partial charge < -0.3 is 11.1 Å². The van der Waals surface area contributed by atoms with Crippen molar-refractivity contribution in [3.05, 3.63) is 57.1 Å². The topological polar surface area (TPSA) is 50.4 Å². The van der Waals surface area contributed by atoms with E-state index in [0.717, 1.165) is 33.3 Å². The molecule has 0 unspecified atom stereocenters. The fourth-order valence-electron chi connectivity index (χ4n) is 2.19. The van der Waals surface area contributed by atoms with E-state index >= 15 is 0 Å². The van der Waals surface area contributed by atoms with Gasteiger partial charge in [-0.1, -0.05) is 39.7 Å². The van der Waals surface area contributed by atoms with Crippen LogP contribution in [0.2, 0.25) is 0 Å². The Hall–Kier alpha value is -1.36. The van der Waals surface area contributed by atoms with Crippen LogP contribution in [-0.4, -0.2) is 13.4 Å². The summed E-state index contributed by atoms with van der Waals surface area (Å²) < 4.78 is 0.992. The Balaban J connectivity index is 2.58. The highest BCUT2D eigenvalue weighted by Gasteiger charge is 2.13. The zero-order valence-corrected chi connectivity index (χ0v) is 14.1. The summed E-state index contributed by atoms with van der Waals surface area (Å²) in [5, 5.41) is 3.93. The van der Waals surface area contributed by atoms with Gasteiger partial charge in [-0.3, -0.25) is 4.99 Å². The fourth-order valence-corrected chi connectivity index (χ4v) is 2.90. The van der Waals surface area contributed by atoms with Gasteiger partial charge in [-0.05, 0) is 41.8 Å². The summed E-state index contributed by atoms with van der Waals surface area (Å²) in [4.78, 5) is 3.99. The number of nitrogens with two attached hydrogens (primary N) is 1. The van der Waals surface area contributed by atoms with Crippen LogP contribution in [0.15, 0.2) is 50.9 Å². The third kappa shape index (κ3) is 4.06. The molecule has 21 heavy (non-hydrogen) atoms. The van der Waals surface area contributed by atoms with Gasteiger partial charge in [0.05, 0.1) is 12.0 Å². The molecule has 5 heteroatoms. The molecule has 1 aliphatic carbocycles. The molecule has 1 aliphatic rings. The van der Waals surface area contributed by atoms with Crippen molar-refractivity contribution in [2.45, 2.75) is 13.0 Å². The number of nitrogens with one attached hydrogen (secondary N) is 1. The minimum atomic E-state index is 0.443. The van der Waals surface area contributed by atoms with Crippen LogP contribution >= 0.6 is 27.5 Å². The van der Waals surface area contributed by atoms with Gasteiger partial charge in [0, 0.05) is 28.7 Å². The van der Waals surface area contributed by atoms with Gasteiger partial charge in [0.1, 0.15) is 0 Å². The lowest BCUT2D eigenvalue weighted by Gasteiger charge is -2.16. The maximum atomic E-state index is 6.19. The SMILES string of the molecule is CN=CNc1c(CN)cc(Br)cc1C1=CC(Cl)=CC=CC1. The number of hydrogen-bond donors (Lipinski definition) is 2. The summed E-state index contributed by atoms with van der Waals surface area (Å²) in [6, 6.07) is 4.08. The second-order valence-electron chi connectivity index (χ2n) is 4.58. The van der Waals surface area contributed by atoms with E-state index in [0.29, 0.717) is 11.6 Å². The molecule has 0 saturated carbocycles. The second kappa shape index (κ2) is 7.59. The van der Waals surface area contributed by atoms with Crippen molar-refractivity contribution in [1.82, 2.24) is 0 Å². The molecule has 0 saturated heterocycles. The van der Waals surface area contributed by atoms with Crippen molar-refractivity contribution in [3.63, 3.8) is 0 Å². The molecule has 0 radical (unpaired) electrons. The average molecular weight is 367 g/mol. The van der Waals surface area contributed by atoms with E-state index in [2.05, 4.69) is 38.4 Å². The molecule has 0 bridgehead atoms. The monoisotopic (exact) mass is 365 g/mol. The van der Waals surface area contributed by atoms with Crippen molar-refractivity contribution in [3.8, 4) is 0 Å². The smallest absolute Gasteiger partial charge is 0.0864 e. The Morgan fingerprint density at radius 1 is 1.48 bits per heavy atom. The Morgan fingerprint density at radius 3 is 3.00 bits per heavy atom. The molecule has 2 rings (SSSR count). The lowest BCUT2D eigenvalue weighted by atomic mass is 9.97. The molecule has 0 heterocycles. The minimum absolute atomic E-state index is 0.443. The van der Waals surface area contributed by atoms with Gasteiger partial charge in [0.25, 0.3) is 0 Å². The molecular formula is C16H17BrClN3. The molecule has 0 spiro atoms. The lowest BCUT2D eigenvalue weighted by molar-refractivity contribution is 1.07. The van der Waals surface area contributed by atoms with E-state index in [1.54, 1.807) is 13.4 Å². The molecule has 0 fully saturated rings. The van der Waals surface area contributed by atoms with Crippen LogP contribution in [0.1, 0.15) is 17.5 Å². The van der Waals surface area contributed by atoms with Crippen LogP contribution in [0, 0.1) is 0 Å². The van der Waals surface area contributed by atoms with E-state index in [-0.39, 0.29) is 0 Å². The zero-order valence-electron chi connectivity index (χ0n) is 11.7. The summed E-state index contributed by atoms with van der Waals surface area (Å²) in [6.45, 7) is 0.443. The Bertz CT molecular complexity index is 645. The molecule has 1 aromatic carbocycles. The number of allylic oxidation sites excluding steroid dienone is 6. The van der Waals surface area contributed by atoms with Crippen LogP contribution in [0.5, 0.6) is 0 Å².